The van der Waals surface area contributed by atoms with Gasteiger partial charge in [-0.2, -0.15) is 0 Å². The van der Waals surface area contributed by atoms with Gasteiger partial charge in [0.25, 0.3) is 0 Å². The molecular formula is C12H17N5O2S. The molecule has 1 aliphatic rings. The number of rotatable bonds is 2. The third-order valence-electron chi connectivity index (χ3n) is 3.70. The molecule has 3 rings (SSSR count). The second-order valence-corrected chi connectivity index (χ2v) is 6.95. The van der Waals surface area contributed by atoms with Gasteiger partial charge < -0.3 is 9.88 Å². The van der Waals surface area contributed by atoms with Gasteiger partial charge >= 0.3 is 0 Å². The number of hydrogen-bond acceptors (Lipinski definition) is 5. The SMILES string of the molecule is Cc1nc(N2CCC(S(N)(=O)=O)CC2)c2[nH]ccc2n1. The van der Waals surface area contributed by atoms with Crippen molar-refractivity contribution in [1.29, 1.82) is 0 Å². The van der Waals surface area contributed by atoms with Crippen LogP contribution in [0.2, 0.25) is 0 Å². The average Bonchev–Trinajstić information content (AvgIpc) is 2.85. The maximum atomic E-state index is 11.4. The van der Waals surface area contributed by atoms with Crippen molar-refractivity contribution < 1.29 is 8.42 Å². The summed E-state index contributed by atoms with van der Waals surface area (Å²) in [4.78, 5) is 14.1. The van der Waals surface area contributed by atoms with Crippen LogP contribution in [-0.4, -0.2) is 41.7 Å². The van der Waals surface area contributed by atoms with E-state index in [-0.39, 0.29) is 0 Å². The Morgan fingerprint density at radius 2 is 2.05 bits per heavy atom. The Kier molecular flexibility index (Phi) is 3.14. The predicted molar refractivity (Wildman–Crippen MR) is 77.0 cm³/mol. The van der Waals surface area contributed by atoms with Crippen LogP contribution >= 0.6 is 0 Å². The highest BCUT2D eigenvalue weighted by Crippen LogP contribution is 2.26. The largest absolute Gasteiger partial charge is 0.357 e. The zero-order valence-corrected chi connectivity index (χ0v) is 12.0. The first-order valence-electron chi connectivity index (χ1n) is 6.53. The molecule has 1 aliphatic heterocycles. The molecule has 0 unspecified atom stereocenters. The molecule has 0 amide bonds. The molecule has 0 aromatic carbocycles. The number of hydrogen-bond donors (Lipinski definition) is 2. The second-order valence-electron chi connectivity index (χ2n) is 5.11. The van der Waals surface area contributed by atoms with E-state index in [1.807, 2.05) is 19.2 Å². The van der Waals surface area contributed by atoms with Crippen LogP contribution in [0.3, 0.4) is 0 Å². The van der Waals surface area contributed by atoms with Crippen molar-refractivity contribution in [2.75, 3.05) is 18.0 Å². The predicted octanol–water partition coefficient (Wildman–Crippen LogP) is 0.524. The zero-order chi connectivity index (χ0) is 14.3. The maximum absolute atomic E-state index is 11.4. The molecule has 0 aliphatic carbocycles. The summed E-state index contributed by atoms with van der Waals surface area (Å²) in [6.07, 6.45) is 2.90. The van der Waals surface area contributed by atoms with E-state index in [4.69, 9.17) is 5.14 Å². The summed E-state index contributed by atoms with van der Waals surface area (Å²) in [5.74, 6) is 1.55. The van der Waals surface area contributed by atoms with E-state index in [2.05, 4.69) is 19.9 Å². The van der Waals surface area contributed by atoms with Crippen molar-refractivity contribution in [3.05, 3.63) is 18.1 Å². The number of piperidine rings is 1. The van der Waals surface area contributed by atoms with Crippen molar-refractivity contribution in [2.24, 2.45) is 5.14 Å². The molecule has 8 heteroatoms. The Balaban J connectivity index is 1.89. The van der Waals surface area contributed by atoms with Gasteiger partial charge in [-0.15, -0.1) is 0 Å². The molecular weight excluding hydrogens is 278 g/mol. The maximum Gasteiger partial charge on any atom is 0.212 e. The minimum Gasteiger partial charge on any atom is -0.357 e. The summed E-state index contributed by atoms with van der Waals surface area (Å²) in [6, 6.07) is 1.91. The highest BCUT2D eigenvalue weighted by Gasteiger charge is 2.28. The van der Waals surface area contributed by atoms with Gasteiger partial charge in [-0.1, -0.05) is 0 Å². The van der Waals surface area contributed by atoms with Gasteiger partial charge in [0.2, 0.25) is 10.0 Å². The fourth-order valence-corrected chi connectivity index (χ4v) is 3.53. The highest BCUT2D eigenvalue weighted by molar-refractivity contribution is 7.89. The van der Waals surface area contributed by atoms with Crippen molar-refractivity contribution in [2.45, 2.75) is 25.0 Å². The molecule has 0 saturated carbocycles. The van der Waals surface area contributed by atoms with E-state index in [0.717, 1.165) is 16.9 Å². The first kappa shape index (κ1) is 13.3. The Bertz CT molecular complexity index is 731. The first-order valence-corrected chi connectivity index (χ1v) is 8.14. The molecule has 2 aromatic heterocycles. The first-order chi connectivity index (χ1) is 9.45. The van der Waals surface area contributed by atoms with Gasteiger partial charge in [-0.05, 0) is 25.8 Å². The lowest BCUT2D eigenvalue weighted by Crippen LogP contribution is -2.42. The van der Waals surface area contributed by atoms with E-state index in [0.29, 0.717) is 31.8 Å². The van der Waals surface area contributed by atoms with E-state index in [9.17, 15) is 8.42 Å². The molecule has 0 radical (unpaired) electrons. The van der Waals surface area contributed by atoms with Crippen molar-refractivity contribution in [3.8, 4) is 0 Å². The molecule has 0 atom stereocenters. The highest BCUT2D eigenvalue weighted by atomic mass is 32.2. The van der Waals surface area contributed by atoms with Gasteiger partial charge in [-0.25, -0.2) is 23.5 Å². The number of H-pyrrole nitrogens is 1. The fourth-order valence-electron chi connectivity index (χ4n) is 2.67. The number of sulfonamides is 1. The monoisotopic (exact) mass is 295 g/mol. The van der Waals surface area contributed by atoms with Crippen LogP contribution in [0.15, 0.2) is 12.3 Å². The molecule has 1 saturated heterocycles. The molecule has 2 aromatic rings. The van der Waals surface area contributed by atoms with Crippen molar-refractivity contribution >= 4 is 26.9 Å². The lowest BCUT2D eigenvalue weighted by atomic mass is 10.1. The van der Waals surface area contributed by atoms with Crippen LogP contribution in [0.4, 0.5) is 5.82 Å². The van der Waals surface area contributed by atoms with Gasteiger partial charge in [0.15, 0.2) is 5.82 Å². The summed E-state index contributed by atoms with van der Waals surface area (Å²) in [5, 5.41) is 4.77. The smallest absolute Gasteiger partial charge is 0.212 e. The quantitative estimate of drug-likeness (QED) is 0.840. The van der Waals surface area contributed by atoms with Gasteiger partial charge in [0.1, 0.15) is 11.3 Å². The Hall–Kier alpha value is -1.67. The molecule has 0 spiro atoms. The number of aryl methyl sites for hydroxylation is 1. The van der Waals surface area contributed by atoms with Crippen LogP contribution in [-0.2, 0) is 10.0 Å². The summed E-state index contributed by atoms with van der Waals surface area (Å²) in [7, 11) is -3.44. The number of nitrogens with zero attached hydrogens (tertiary/aromatic N) is 3. The van der Waals surface area contributed by atoms with Gasteiger partial charge in [0, 0.05) is 19.3 Å². The topological polar surface area (TPSA) is 105 Å². The number of nitrogens with one attached hydrogen (secondary N) is 1. The van der Waals surface area contributed by atoms with Crippen LogP contribution in [0.1, 0.15) is 18.7 Å². The third kappa shape index (κ3) is 2.36. The van der Waals surface area contributed by atoms with E-state index in [1.165, 1.54) is 0 Å². The summed E-state index contributed by atoms with van der Waals surface area (Å²) < 4.78 is 22.8. The number of primary sulfonamides is 1. The molecule has 3 N–H and O–H groups in total. The lowest BCUT2D eigenvalue weighted by Gasteiger charge is -2.31. The second kappa shape index (κ2) is 4.71. The zero-order valence-electron chi connectivity index (χ0n) is 11.2. The van der Waals surface area contributed by atoms with Gasteiger partial charge in [-0.3, -0.25) is 0 Å². The molecule has 1 fully saturated rings. The Morgan fingerprint density at radius 1 is 1.35 bits per heavy atom. The van der Waals surface area contributed by atoms with Crippen LogP contribution in [0.5, 0.6) is 0 Å². The molecule has 3 heterocycles. The Morgan fingerprint density at radius 3 is 2.70 bits per heavy atom. The van der Waals surface area contributed by atoms with Crippen molar-refractivity contribution in [1.82, 2.24) is 15.0 Å². The summed E-state index contributed by atoms with van der Waals surface area (Å²) >= 11 is 0. The van der Waals surface area contributed by atoms with Gasteiger partial charge in [0.05, 0.1) is 10.8 Å². The van der Waals surface area contributed by atoms with Crippen LogP contribution < -0.4 is 10.0 Å². The number of aromatic nitrogens is 3. The molecule has 7 nitrogen and oxygen atoms in total. The van der Waals surface area contributed by atoms with Crippen LogP contribution in [0, 0.1) is 6.92 Å². The van der Waals surface area contributed by atoms with E-state index >= 15 is 0 Å². The minimum absolute atomic E-state index is 0.444. The fraction of sp³-hybridized carbons (Fsp3) is 0.500. The molecule has 108 valence electrons. The standard InChI is InChI=1S/C12H17N5O2S/c1-8-15-10-2-5-14-11(10)12(16-8)17-6-3-9(4-7-17)20(13,18)19/h2,5,9,14H,3-4,6-7H2,1H3,(H2,13,18,19). The van der Waals surface area contributed by atoms with Crippen molar-refractivity contribution in [3.63, 3.8) is 0 Å². The average molecular weight is 295 g/mol. The minimum atomic E-state index is -3.44. The summed E-state index contributed by atoms with van der Waals surface area (Å²) in [6.45, 7) is 3.12. The Labute approximate surface area is 117 Å². The van der Waals surface area contributed by atoms with E-state index in [1.54, 1.807) is 0 Å². The van der Waals surface area contributed by atoms with E-state index < -0.39 is 15.3 Å². The summed E-state index contributed by atoms with van der Waals surface area (Å²) in [5.41, 5.74) is 1.77. The number of fused-ring (bicyclic) bond motifs is 1. The molecule has 20 heavy (non-hydrogen) atoms. The number of anilines is 1. The normalized spacial score (nSPS) is 17.8. The van der Waals surface area contributed by atoms with Crippen LogP contribution in [0.25, 0.3) is 11.0 Å². The third-order valence-corrected chi connectivity index (χ3v) is 5.11. The number of aromatic amines is 1. The molecule has 0 bridgehead atoms. The number of nitrogens with two attached hydrogens (primary N) is 1. The lowest BCUT2D eigenvalue weighted by molar-refractivity contribution is 0.529.